The lowest BCUT2D eigenvalue weighted by Crippen LogP contribution is -2.08. The van der Waals surface area contributed by atoms with Crippen molar-refractivity contribution in [2.75, 3.05) is 7.11 Å². The minimum atomic E-state index is -0.418. The zero-order valence-corrected chi connectivity index (χ0v) is 9.95. The normalized spacial score (nSPS) is 11.9. The molecule has 0 aromatic heterocycles. The number of carbonyl (C=O) groups excluding carboxylic acids is 2. The van der Waals surface area contributed by atoms with Gasteiger partial charge in [-0.15, -0.1) is 0 Å². The van der Waals surface area contributed by atoms with Crippen LogP contribution in [0.3, 0.4) is 0 Å². The van der Waals surface area contributed by atoms with Crippen molar-refractivity contribution < 1.29 is 14.3 Å². The number of methoxy groups -OCH3 is 1. The van der Waals surface area contributed by atoms with E-state index in [4.69, 9.17) is 11.6 Å². The predicted molar refractivity (Wildman–Crippen MR) is 61.7 cm³/mol. The molecule has 0 aliphatic heterocycles. The number of hydrogen-bond acceptors (Lipinski definition) is 3. The van der Waals surface area contributed by atoms with Crippen molar-refractivity contribution in [1.29, 1.82) is 0 Å². The molecule has 0 unspecified atom stereocenters. The average Bonchev–Trinajstić information content (AvgIpc) is 2.29. The van der Waals surface area contributed by atoms with Crippen molar-refractivity contribution in [3.8, 4) is 0 Å². The van der Waals surface area contributed by atoms with Gasteiger partial charge in [0, 0.05) is 0 Å². The van der Waals surface area contributed by atoms with E-state index in [0.717, 1.165) is 5.56 Å². The largest absolute Gasteiger partial charge is 0.465 e. The highest BCUT2D eigenvalue weighted by Gasteiger charge is 2.17. The van der Waals surface area contributed by atoms with Gasteiger partial charge in [0.25, 0.3) is 0 Å². The van der Waals surface area contributed by atoms with Crippen molar-refractivity contribution in [3.63, 3.8) is 0 Å². The number of benzene rings is 1. The molecule has 16 heavy (non-hydrogen) atoms. The fraction of sp³-hybridized carbons (Fsp3) is 0.333. The Hall–Kier alpha value is -1.35. The maximum atomic E-state index is 11.3. The number of hydrogen-bond donors (Lipinski definition) is 0. The summed E-state index contributed by atoms with van der Waals surface area (Å²) in [6.07, 6.45) is 0.604. The molecule has 0 fully saturated rings. The molecular weight excluding hydrogens is 228 g/mol. The van der Waals surface area contributed by atoms with Gasteiger partial charge in [-0.3, -0.25) is 4.79 Å². The molecule has 1 rings (SSSR count). The van der Waals surface area contributed by atoms with Crippen molar-refractivity contribution in [2.45, 2.75) is 19.3 Å². The minimum Gasteiger partial charge on any atom is -0.465 e. The lowest BCUT2D eigenvalue weighted by molar-refractivity contribution is -0.113. The Kier molecular flexibility index (Phi) is 4.50. The highest BCUT2D eigenvalue weighted by Crippen LogP contribution is 2.23. The zero-order valence-electron chi connectivity index (χ0n) is 9.20. The molecule has 0 spiro atoms. The van der Waals surface area contributed by atoms with Crippen LogP contribution in [0.15, 0.2) is 24.3 Å². The van der Waals surface area contributed by atoms with Gasteiger partial charge in [-0.2, -0.15) is 0 Å². The van der Waals surface area contributed by atoms with Crippen LogP contribution in [-0.4, -0.2) is 18.3 Å². The van der Waals surface area contributed by atoms with Gasteiger partial charge in [0.15, 0.2) is 0 Å². The molecule has 0 saturated carbocycles. The summed E-state index contributed by atoms with van der Waals surface area (Å²) < 4.78 is 4.61. The van der Waals surface area contributed by atoms with Gasteiger partial charge in [-0.1, -0.05) is 19.1 Å². The van der Waals surface area contributed by atoms with Crippen LogP contribution in [0.25, 0.3) is 0 Å². The molecule has 1 atom stereocenters. The molecule has 4 heteroatoms. The van der Waals surface area contributed by atoms with Crippen LogP contribution in [-0.2, 0) is 9.53 Å². The number of ether oxygens (including phenoxy) is 1. The highest BCUT2D eigenvalue weighted by atomic mass is 35.5. The number of halogens is 1. The van der Waals surface area contributed by atoms with Crippen LogP contribution in [0, 0.1) is 0 Å². The van der Waals surface area contributed by atoms with E-state index in [-0.39, 0.29) is 5.92 Å². The van der Waals surface area contributed by atoms with E-state index in [0.29, 0.717) is 12.0 Å². The summed E-state index contributed by atoms with van der Waals surface area (Å²) in [5, 5.41) is -0.412. The SMILES string of the molecule is CC[C@H](C(=O)Cl)c1cccc(C(=O)OC)c1. The van der Waals surface area contributed by atoms with Gasteiger partial charge in [0.2, 0.25) is 5.24 Å². The monoisotopic (exact) mass is 240 g/mol. The first-order valence-electron chi connectivity index (χ1n) is 4.97. The lowest BCUT2D eigenvalue weighted by atomic mass is 9.96. The molecule has 0 heterocycles. The molecule has 0 aliphatic rings. The Morgan fingerprint density at radius 2 is 2.12 bits per heavy atom. The first-order valence-corrected chi connectivity index (χ1v) is 5.35. The molecule has 86 valence electrons. The second-order valence-electron chi connectivity index (χ2n) is 3.38. The fourth-order valence-electron chi connectivity index (χ4n) is 1.53. The maximum absolute atomic E-state index is 11.3. The molecule has 0 bridgehead atoms. The van der Waals surface area contributed by atoms with Crippen molar-refractivity contribution in [1.82, 2.24) is 0 Å². The standard InChI is InChI=1S/C12H13ClO3/c1-3-10(11(13)14)8-5-4-6-9(7-8)12(15)16-2/h4-7,10H,3H2,1-2H3/t10-/m0/s1. The molecule has 0 amide bonds. The molecule has 0 N–H and O–H groups in total. The number of carbonyl (C=O) groups is 2. The Morgan fingerprint density at radius 1 is 1.44 bits per heavy atom. The smallest absolute Gasteiger partial charge is 0.337 e. The van der Waals surface area contributed by atoms with Gasteiger partial charge >= 0.3 is 5.97 Å². The van der Waals surface area contributed by atoms with Gasteiger partial charge < -0.3 is 4.74 Å². The summed E-state index contributed by atoms with van der Waals surface area (Å²) in [4.78, 5) is 22.5. The van der Waals surface area contributed by atoms with Crippen LogP contribution < -0.4 is 0 Å². The molecule has 0 saturated heterocycles. The van der Waals surface area contributed by atoms with E-state index in [1.807, 2.05) is 6.92 Å². The fourth-order valence-corrected chi connectivity index (χ4v) is 1.81. The summed E-state index contributed by atoms with van der Waals surface area (Å²) in [6, 6.07) is 6.77. The van der Waals surface area contributed by atoms with E-state index < -0.39 is 11.2 Å². The first kappa shape index (κ1) is 12.7. The van der Waals surface area contributed by atoms with Crippen molar-refractivity contribution >= 4 is 22.8 Å². The third-order valence-corrected chi connectivity index (χ3v) is 2.66. The summed E-state index contributed by atoms with van der Waals surface area (Å²) in [5.74, 6) is -0.787. The Balaban J connectivity index is 3.06. The summed E-state index contributed by atoms with van der Waals surface area (Å²) in [7, 11) is 1.32. The summed E-state index contributed by atoms with van der Waals surface area (Å²) in [6.45, 7) is 1.87. The molecule has 1 aromatic carbocycles. The van der Waals surface area contributed by atoms with Crippen LogP contribution >= 0.6 is 11.6 Å². The van der Waals surface area contributed by atoms with E-state index >= 15 is 0 Å². The zero-order chi connectivity index (χ0) is 12.1. The second-order valence-corrected chi connectivity index (χ2v) is 3.75. The Labute approximate surface area is 99.4 Å². The summed E-state index contributed by atoms with van der Waals surface area (Å²) in [5.41, 5.74) is 1.17. The maximum Gasteiger partial charge on any atom is 0.337 e. The third kappa shape index (κ3) is 2.83. The minimum absolute atomic E-state index is 0.369. The molecule has 0 aliphatic carbocycles. The van der Waals surface area contributed by atoms with Crippen molar-refractivity contribution in [3.05, 3.63) is 35.4 Å². The predicted octanol–water partition coefficient (Wildman–Crippen LogP) is 2.73. The topological polar surface area (TPSA) is 43.4 Å². The lowest BCUT2D eigenvalue weighted by Gasteiger charge is -2.11. The van der Waals surface area contributed by atoms with Crippen LogP contribution in [0.2, 0.25) is 0 Å². The number of esters is 1. The van der Waals surface area contributed by atoms with Crippen molar-refractivity contribution in [2.24, 2.45) is 0 Å². The van der Waals surface area contributed by atoms with Gasteiger partial charge in [-0.25, -0.2) is 4.79 Å². The van der Waals surface area contributed by atoms with Crippen LogP contribution in [0.4, 0.5) is 0 Å². The van der Waals surface area contributed by atoms with Crippen LogP contribution in [0.1, 0.15) is 35.2 Å². The number of rotatable bonds is 4. The van der Waals surface area contributed by atoms with E-state index in [1.54, 1.807) is 24.3 Å². The molecule has 0 radical (unpaired) electrons. The van der Waals surface area contributed by atoms with E-state index in [2.05, 4.69) is 4.74 Å². The molecule has 3 nitrogen and oxygen atoms in total. The second kappa shape index (κ2) is 5.66. The van der Waals surface area contributed by atoms with Gasteiger partial charge in [0.1, 0.15) is 0 Å². The van der Waals surface area contributed by atoms with E-state index in [9.17, 15) is 9.59 Å². The first-order chi connectivity index (χ1) is 7.60. The average molecular weight is 241 g/mol. The van der Waals surface area contributed by atoms with Crippen LogP contribution in [0.5, 0.6) is 0 Å². The molecule has 1 aromatic rings. The van der Waals surface area contributed by atoms with Gasteiger partial charge in [-0.05, 0) is 35.7 Å². The Bertz CT molecular complexity index is 401. The summed E-state index contributed by atoms with van der Waals surface area (Å²) >= 11 is 5.49. The highest BCUT2D eigenvalue weighted by molar-refractivity contribution is 6.64. The quantitative estimate of drug-likeness (QED) is 0.600. The van der Waals surface area contributed by atoms with Gasteiger partial charge in [0.05, 0.1) is 18.6 Å². The third-order valence-electron chi connectivity index (χ3n) is 2.39. The Morgan fingerprint density at radius 3 is 2.62 bits per heavy atom. The van der Waals surface area contributed by atoms with E-state index in [1.165, 1.54) is 7.11 Å². The molecular formula is C12H13ClO3.